The smallest absolute Gasteiger partial charge is 0.244 e. The van der Waals surface area contributed by atoms with Crippen LogP contribution in [-0.4, -0.2) is 39.4 Å². The molecule has 0 saturated heterocycles. The largest absolute Gasteiger partial charge is 0.493 e. The fourth-order valence-electron chi connectivity index (χ4n) is 2.57. The molecule has 0 aromatic heterocycles. The molecule has 1 aliphatic heterocycles. The molecule has 2 aromatic carbocycles. The van der Waals surface area contributed by atoms with E-state index in [9.17, 15) is 4.79 Å². The van der Waals surface area contributed by atoms with E-state index in [-0.39, 0.29) is 12.0 Å². The Labute approximate surface area is 152 Å². The van der Waals surface area contributed by atoms with Gasteiger partial charge in [0.05, 0.1) is 20.8 Å². The first-order chi connectivity index (χ1) is 12.7. The summed E-state index contributed by atoms with van der Waals surface area (Å²) >= 11 is 0. The summed E-state index contributed by atoms with van der Waals surface area (Å²) in [4.78, 5) is 12.0. The van der Waals surface area contributed by atoms with Gasteiger partial charge in [-0.25, -0.2) is 0 Å². The second-order valence-electron chi connectivity index (χ2n) is 5.69. The minimum absolute atomic E-state index is 0.206. The molecule has 3 rings (SSSR count). The molecule has 1 amide bonds. The van der Waals surface area contributed by atoms with Crippen molar-refractivity contribution in [3.05, 3.63) is 54.1 Å². The van der Waals surface area contributed by atoms with Crippen LogP contribution in [0.2, 0.25) is 0 Å². The summed E-state index contributed by atoms with van der Waals surface area (Å²) in [6.45, 7) is 0.764. The number of rotatable bonds is 6. The molecule has 1 atom stereocenters. The van der Waals surface area contributed by atoms with Crippen LogP contribution in [0.4, 0.5) is 0 Å². The predicted octanol–water partition coefficient (Wildman–Crippen LogP) is 2.67. The summed E-state index contributed by atoms with van der Waals surface area (Å²) in [5, 5.41) is 2.82. The Morgan fingerprint density at radius 1 is 1.15 bits per heavy atom. The first-order valence-electron chi connectivity index (χ1n) is 8.26. The Hall–Kier alpha value is -3.15. The first kappa shape index (κ1) is 17.7. The molecular formula is C20H21NO5. The fourth-order valence-corrected chi connectivity index (χ4v) is 2.57. The zero-order valence-electron chi connectivity index (χ0n) is 14.7. The van der Waals surface area contributed by atoms with Crippen molar-refractivity contribution in [1.82, 2.24) is 5.32 Å². The van der Waals surface area contributed by atoms with Crippen LogP contribution in [-0.2, 0) is 4.79 Å². The molecule has 1 N–H and O–H groups in total. The molecule has 0 bridgehead atoms. The van der Waals surface area contributed by atoms with E-state index in [1.54, 1.807) is 32.4 Å². The highest BCUT2D eigenvalue weighted by molar-refractivity contribution is 5.91. The lowest BCUT2D eigenvalue weighted by molar-refractivity contribution is -0.116. The van der Waals surface area contributed by atoms with E-state index < -0.39 is 0 Å². The average Bonchev–Trinajstić information content (AvgIpc) is 2.70. The van der Waals surface area contributed by atoms with Gasteiger partial charge in [-0.05, 0) is 35.9 Å². The van der Waals surface area contributed by atoms with Crippen molar-refractivity contribution >= 4 is 12.0 Å². The van der Waals surface area contributed by atoms with Crippen LogP contribution in [0.3, 0.4) is 0 Å². The molecule has 6 heteroatoms. The number of nitrogens with one attached hydrogen (secondary N) is 1. The lowest BCUT2D eigenvalue weighted by Gasteiger charge is -2.26. The Kier molecular flexibility index (Phi) is 5.63. The van der Waals surface area contributed by atoms with Gasteiger partial charge in [-0.1, -0.05) is 18.2 Å². The highest BCUT2D eigenvalue weighted by atomic mass is 16.6. The minimum atomic E-state index is -0.219. The van der Waals surface area contributed by atoms with Gasteiger partial charge in [0.25, 0.3) is 0 Å². The second kappa shape index (κ2) is 8.29. The number of carbonyl (C=O) groups is 1. The predicted molar refractivity (Wildman–Crippen MR) is 97.9 cm³/mol. The van der Waals surface area contributed by atoms with E-state index in [1.807, 2.05) is 30.3 Å². The molecule has 0 spiro atoms. The quantitative estimate of drug-likeness (QED) is 0.807. The standard InChI is InChI=1S/C20H21NO5/c1-23-16-9-7-14(11-19(16)24-2)8-10-20(22)21-12-15-13-25-17-5-3-4-6-18(17)26-15/h3-11,15H,12-13H2,1-2H3,(H,21,22)/b10-8-/t15-/m1/s1. The summed E-state index contributed by atoms with van der Waals surface area (Å²) in [6.07, 6.45) is 2.97. The van der Waals surface area contributed by atoms with Crippen LogP contribution >= 0.6 is 0 Å². The number of benzene rings is 2. The number of hydrogen-bond donors (Lipinski definition) is 1. The van der Waals surface area contributed by atoms with Crippen molar-refractivity contribution in [3.8, 4) is 23.0 Å². The average molecular weight is 355 g/mol. The zero-order valence-corrected chi connectivity index (χ0v) is 14.7. The third kappa shape index (κ3) is 4.27. The molecule has 0 aliphatic carbocycles. The molecule has 136 valence electrons. The maximum Gasteiger partial charge on any atom is 0.244 e. The lowest BCUT2D eigenvalue weighted by atomic mass is 10.2. The molecule has 1 heterocycles. The van der Waals surface area contributed by atoms with Crippen molar-refractivity contribution in [1.29, 1.82) is 0 Å². The molecule has 6 nitrogen and oxygen atoms in total. The molecule has 1 aliphatic rings. The summed E-state index contributed by atoms with van der Waals surface area (Å²) in [5.41, 5.74) is 0.837. The molecule has 26 heavy (non-hydrogen) atoms. The van der Waals surface area contributed by atoms with Gasteiger partial charge >= 0.3 is 0 Å². The maximum absolute atomic E-state index is 12.0. The minimum Gasteiger partial charge on any atom is -0.493 e. The second-order valence-corrected chi connectivity index (χ2v) is 5.69. The van der Waals surface area contributed by atoms with Crippen molar-refractivity contribution in [2.24, 2.45) is 0 Å². The van der Waals surface area contributed by atoms with Crippen LogP contribution in [0, 0.1) is 0 Å². The number of para-hydroxylation sites is 2. The SMILES string of the molecule is COc1ccc(/C=C\C(=O)NC[C@@H]2COc3ccccc3O2)cc1OC. The molecule has 0 saturated carbocycles. The van der Waals surface area contributed by atoms with Crippen LogP contribution in [0.5, 0.6) is 23.0 Å². The highest BCUT2D eigenvalue weighted by Gasteiger charge is 2.20. The number of ether oxygens (including phenoxy) is 4. The van der Waals surface area contributed by atoms with Gasteiger partial charge in [-0.15, -0.1) is 0 Å². The van der Waals surface area contributed by atoms with Crippen LogP contribution in [0.1, 0.15) is 5.56 Å². The number of fused-ring (bicyclic) bond motifs is 1. The van der Waals surface area contributed by atoms with E-state index in [0.717, 1.165) is 11.3 Å². The van der Waals surface area contributed by atoms with E-state index in [4.69, 9.17) is 18.9 Å². The highest BCUT2D eigenvalue weighted by Crippen LogP contribution is 2.30. The van der Waals surface area contributed by atoms with Gasteiger partial charge in [-0.3, -0.25) is 4.79 Å². The monoisotopic (exact) mass is 355 g/mol. The summed E-state index contributed by atoms with van der Waals surface area (Å²) in [5.74, 6) is 2.47. The van der Waals surface area contributed by atoms with Gasteiger partial charge < -0.3 is 24.3 Å². The van der Waals surface area contributed by atoms with Gasteiger partial charge in [-0.2, -0.15) is 0 Å². The molecular weight excluding hydrogens is 334 g/mol. The summed E-state index contributed by atoms with van der Waals surface area (Å²) in [6, 6.07) is 12.9. The normalized spacial score (nSPS) is 15.5. The van der Waals surface area contributed by atoms with Crippen molar-refractivity contribution < 1.29 is 23.7 Å². The van der Waals surface area contributed by atoms with Crippen LogP contribution in [0.25, 0.3) is 6.08 Å². The van der Waals surface area contributed by atoms with E-state index in [2.05, 4.69) is 5.32 Å². The Bertz CT molecular complexity index is 803. The Morgan fingerprint density at radius 3 is 2.69 bits per heavy atom. The van der Waals surface area contributed by atoms with Crippen LogP contribution in [0.15, 0.2) is 48.5 Å². The van der Waals surface area contributed by atoms with E-state index >= 15 is 0 Å². The van der Waals surface area contributed by atoms with E-state index in [1.165, 1.54) is 6.08 Å². The van der Waals surface area contributed by atoms with Gasteiger partial charge in [0.15, 0.2) is 23.0 Å². The first-order valence-corrected chi connectivity index (χ1v) is 8.26. The third-order valence-corrected chi connectivity index (χ3v) is 3.91. The summed E-state index contributed by atoms with van der Waals surface area (Å²) < 4.78 is 21.9. The molecule has 0 fully saturated rings. The van der Waals surface area contributed by atoms with Gasteiger partial charge in [0.1, 0.15) is 12.7 Å². The number of carbonyl (C=O) groups excluding carboxylic acids is 1. The fraction of sp³-hybridized carbons (Fsp3) is 0.250. The van der Waals surface area contributed by atoms with Gasteiger partial charge in [0.2, 0.25) is 5.91 Å². The number of methoxy groups -OCH3 is 2. The lowest BCUT2D eigenvalue weighted by Crippen LogP contribution is -2.40. The Balaban J connectivity index is 1.52. The van der Waals surface area contributed by atoms with Crippen molar-refractivity contribution in [2.45, 2.75) is 6.10 Å². The Morgan fingerprint density at radius 2 is 1.92 bits per heavy atom. The van der Waals surface area contributed by atoms with Crippen molar-refractivity contribution in [2.75, 3.05) is 27.4 Å². The third-order valence-electron chi connectivity index (χ3n) is 3.91. The number of amides is 1. The van der Waals surface area contributed by atoms with E-state index in [0.29, 0.717) is 30.4 Å². The van der Waals surface area contributed by atoms with Crippen LogP contribution < -0.4 is 24.3 Å². The topological polar surface area (TPSA) is 66.0 Å². The summed E-state index contributed by atoms with van der Waals surface area (Å²) in [7, 11) is 3.15. The van der Waals surface area contributed by atoms with Gasteiger partial charge in [0, 0.05) is 6.08 Å². The molecule has 0 unspecified atom stereocenters. The molecule has 2 aromatic rings. The van der Waals surface area contributed by atoms with Crippen molar-refractivity contribution in [3.63, 3.8) is 0 Å². The maximum atomic E-state index is 12.0. The molecule has 0 radical (unpaired) electrons. The zero-order chi connectivity index (χ0) is 18.4. The number of hydrogen-bond acceptors (Lipinski definition) is 5.